The van der Waals surface area contributed by atoms with Gasteiger partial charge in [-0.1, -0.05) is 22.0 Å². The van der Waals surface area contributed by atoms with Crippen LogP contribution in [0.4, 0.5) is 13.2 Å². The zero-order valence-electron chi connectivity index (χ0n) is 10.8. The lowest BCUT2D eigenvalue weighted by molar-refractivity contribution is 0.520. The van der Waals surface area contributed by atoms with Gasteiger partial charge in [-0.2, -0.15) is 0 Å². The quantitative estimate of drug-likeness (QED) is 0.869. The Bertz CT molecular complexity index is 596. The van der Waals surface area contributed by atoms with Crippen molar-refractivity contribution in [1.29, 1.82) is 0 Å². The molecule has 0 aliphatic heterocycles. The maximum Gasteiger partial charge on any atom is 0.130 e. The number of benzene rings is 2. The fraction of sp³-hybridized carbons (Fsp3) is 0.200. The molecule has 0 spiro atoms. The average Bonchev–Trinajstić information content (AvgIpc) is 2.35. The lowest BCUT2D eigenvalue weighted by atomic mass is 9.98. The molecule has 0 fully saturated rings. The highest BCUT2D eigenvalue weighted by Crippen LogP contribution is 2.24. The summed E-state index contributed by atoms with van der Waals surface area (Å²) < 4.78 is 40.7. The van der Waals surface area contributed by atoms with Gasteiger partial charge in [-0.05, 0) is 43.3 Å². The minimum absolute atomic E-state index is 0.356. The molecule has 0 saturated heterocycles. The number of hydrogen-bond acceptors (Lipinski definition) is 1. The molecule has 1 N–H and O–H groups in total. The van der Waals surface area contributed by atoms with Crippen LogP contribution < -0.4 is 5.32 Å². The lowest BCUT2D eigenvalue weighted by Crippen LogP contribution is -2.20. The van der Waals surface area contributed by atoms with Gasteiger partial charge in [-0.3, -0.25) is 0 Å². The number of nitrogens with one attached hydrogen (secondary N) is 1. The van der Waals surface area contributed by atoms with Crippen LogP contribution in [0, 0.1) is 17.5 Å². The Labute approximate surface area is 123 Å². The minimum atomic E-state index is -0.616. The van der Waals surface area contributed by atoms with Crippen molar-refractivity contribution in [3.8, 4) is 0 Å². The van der Waals surface area contributed by atoms with Crippen LogP contribution in [-0.2, 0) is 6.42 Å². The Morgan fingerprint density at radius 3 is 2.40 bits per heavy atom. The van der Waals surface area contributed by atoms with Crippen LogP contribution in [0.5, 0.6) is 0 Å². The second-order valence-corrected chi connectivity index (χ2v) is 5.40. The van der Waals surface area contributed by atoms with E-state index in [0.29, 0.717) is 16.5 Å². The summed E-state index contributed by atoms with van der Waals surface area (Å²) >= 11 is 3.22. The van der Waals surface area contributed by atoms with Crippen LogP contribution in [0.15, 0.2) is 40.9 Å². The van der Waals surface area contributed by atoms with E-state index in [1.165, 1.54) is 24.3 Å². The van der Waals surface area contributed by atoms with E-state index in [-0.39, 0.29) is 11.9 Å². The molecule has 0 saturated carbocycles. The molecule has 0 heterocycles. The Morgan fingerprint density at radius 2 is 1.80 bits per heavy atom. The van der Waals surface area contributed by atoms with E-state index in [1.54, 1.807) is 13.1 Å². The van der Waals surface area contributed by atoms with Crippen molar-refractivity contribution < 1.29 is 13.2 Å². The van der Waals surface area contributed by atoms with Crippen molar-refractivity contribution in [2.75, 3.05) is 7.05 Å². The highest BCUT2D eigenvalue weighted by atomic mass is 79.9. The first-order valence-electron chi connectivity index (χ1n) is 6.07. The zero-order chi connectivity index (χ0) is 14.7. The van der Waals surface area contributed by atoms with Gasteiger partial charge in [0, 0.05) is 22.1 Å². The van der Waals surface area contributed by atoms with Gasteiger partial charge in [-0.25, -0.2) is 13.2 Å². The normalized spacial score (nSPS) is 12.4. The van der Waals surface area contributed by atoms with Gasteiger partial charge >= 0.3 is 0 Å². The van der Waals surface area contributed by atoms with E-state index in [0.717, 1.165) is 11.6 Å². The summed E-state index contributed by atoms with van der Waals surface area (Å²) in [7, 11) is 1.68. The van der Waals surface area contributed by atoms with E-state index < -0.39 is 11.6 Å². The molecular formula is C15H13BrF3N. The van der Waals surface area contributed by atoms with Crippen LogP contribution in [0.1, 0.15) is 17.2 Å². The van der Waals surface area contributed by atoms with Crippen LogP contribution in [-0.4, -0.2) is 7.05 Å². The summed E-state index contributed by atoms with van der Waals surface area (Å²) in [5, 5.41) is 2.97. The Hall–Kier alpha value is -1.33. The molecule has 2 rings (SSSR count). The number of rotatable bonds is 4. The van der Waals surface area contributed by atoms with Crippen LogP contribution in [0.3, 0.4) is 0 Å². The van der Waals surface area contributed by atoms with Crippen molar-refractivity contribution in [3.05, 3.63) is 69.4 Å². The molecule has 0 aliphatic carbocycles. The van der Waals surface area contributed by atoms with E-state index >= 15 is 0 Å². The number of halogens is 4. The molecule has 1 atom stereocenters. The van der Waals surface area contributed by atoms with E-state index in [2.05, 4.69) is 21.2 Å². The molecule has 0 bridgehead atoms. The average molecular weight is 344 g/mol. The topological polar surface area (TPSA) is 12.0 Å². The molecule has 0 amide bonds. The SMILES string of the molecule is CNC(Cc1cc(F)cc(Br)c1)c1ccc(F)cc1F. The molecule has 0 aliphatic rings. The largest absolute Gasteiger partial charge is 0.313 e. The zero-order valence-corrected chi connectivity index (χ0v) is 12.3. The third kappa shape index (κ3) is 3.61. The first kappa shape index (κ1) is 15.1. The number of likely N-dealkylation sites (N-methyl/N-ethyl adjacent to an activating group) is 1. The second-order valence-electron chi connectivity index (χ2n) is 4.49. The van der Waals surface area contributed by atoms with Gasteiger partial charge in [0.05, 0.1) is 0 Å². The molecule has 0 radical (unpaired) electrons. The molecule has 106 valence electrons. The predicted molar refractivity (Wildman–Crippen MR) is 76.0 cm³/mol. The van der Waals surface area contributed by atoms with E-state index in [1.807, 2.05) is 0 Å². The van der Waals surface area contributed by atoms with Crippen molar-refractivity contribution >= 4 is 15.9 Å². The summed E-state index contributed by atoms with van der Waals surface area (Å²) in [5.41, 5.74) is 1.08. The molecule has 2 aromatic carbocycles. The van der Waals surface area contributed by atoms with Crippen molar-refractivity contribution in [1.82, 2.24) is 5.32 Å². The molecule has 0 aromatic heterocycles. The molecule has 1 unspecified atom stereocenters. The predicted octanol–water partition coefficient (Wildman–Crippen LogP) is 4.37. The smallest absolute Gasteiger partial charge is 0.130 e. The first-order valence-corrected chi connectivity index (χ1v) is 6.86. The van der Waals surface area contributed by atoms with Crippen LogP contribution in [0.2, 0.25) is 0 Å². The van der Waals surface area contributed by atoms with Crippen molar-refractivity contribution in [2.24, 2.45) is 0 Å². The summed E-state index contributed by atoms with van der Waals surface area (Å²) in [6.07, 6.45) is 0.398. The standard InChI is InChI=1S/C15H13BrF3N/c1-20-15(13-3-2-11(17)8-14(13)19)6-9-4-10(16)7-12(18)5-9/h2-5,7-8,15,20H,6H2,1H3. The molecule has 2 aromatic rings. The van der Waals surface area contributed by atoms with Crippen molar-refractivity contribution in [2.45, 2.75) is 12.5 Å². The van der Waals surface area contributed by atoms with Gasteiger partial charge in [0.25, 0.3) is 0 Å². The van der Waals surface area contributed by atoms with Crippen LogP contribution in [0.25, 0.3) is 0 Å². The van der Waals surface area contributed by atoms with Gasteiger partial charge in [0.2, 0.25) is 0 Å². The summed E-state index contributed by atoms with van der Waals surface area (Å²) in [5.74, 6) is -1.58. The summed E-state index contributed by atoms with van der Waals surface area (Å²) in [6, 6.07) is 7.64. The van der Waals surface area contributed by atoms with Crippen LogP contribution >= 0.6 is 15.9 Å². The third-order valence-corrected chi connectivity index (χ3v) is 3.51. The maximum atomic E-state index is 13.8. The Kier molecular flexibility index (Phi) is 4.83. The second kappa shape index (κ2) is 6.41. The van der Waals surface area contributed by atoms with Crippen molar-refractivity contribution in [3.63, 3.8) is 0 Å². The highest BCUT2D eigenvalue weighted by Gasteiger charge is 2.16. The third-order valence-electron chi connectivity index (χ3n) is 3.05. The minimum Gasteiger partial charge on any atom is -0.313 e. The molecule has 20 heavy (non-hydrogen) atoms. The maximum absolute atomic E-state index is 13.8. The van der Waals surface area contributed by atoms with Gasteiger partial charge < -0.3 is 5.32 Å². The number of hydrogen-bond donors (Lipinski definition) is 1. The molecule has 1 nitrogen and oxygen atoms in total. The van der Waals surface area contributed by atoms with Gasteiger partial charge in [0.15, 0.2) is 0 Å². The Balaban J connectivity index is 2.28. The van der Waals surface area contributed by atoms with E-state index in [9.17, 15) is 13.2 Å². The summed E-state index contributed by atoms with van der Waals surface area (Å²) in [4.78, 5) is 0. The summed E-state index contributed by atoms with van der Waals surface area (Å²) in [6.45, 7) is 0. The van der Waals surface area contributed by atoms with Gasteiger partial charge in [0.1, 0.15) is 17.5 Å². The van der Waals surface area contributed by atoms with E-state index in [4.69, 9.17) is 0 Å². The van der Waals surface area contributed by atoms with Gasteiger partial charge in [-0.15, -0.1) is 0 Å². The first-order chi connectivity index (χ1) is 9.49. The molecular weight excluding hydrogens is 331 g/mol. The fourth-order valence-corrected chi connectivity index (χ4v) is 2.63. The lowest BCUT2D eigenvalue weighted by Gasteiger charge is -2.18. The fourth-order valence-electron chi connectivity index (χ4n) is 2.12. The highest BCUT2D eigenvalue weighted by molar-refractivity contribution is 9.10. The Morgan fingerprint density at radius 1 is 1.05 bits per heavy atom. The molecule has 5 heteroatoms. The monoisotopic (exact) mass is 343 g/mol.